The molecule has 0 radical (unpaired) electrons. The van der Waals surface area contributed by atoms with Crippen LogP contribution in [-0.2, 0) is 14.3 Å². The lowest BCUT2D eigenvalue weighted by Gasteiger charge is -2.25. The smallest absolute Gasteiger partial charge is 0.295 e. The number of benzene rings is 2. The van der Waals surface area contributed by atoms with E-state index in [1.807, 2.05) is 38.1 Å². The van der Waals surface area contributed by atoms with Crippen molar-refractivity contribution in [2.45, 2.75) is 26.3 Å². The van der Waals surface area contributed by atoms with E-state index in [2.05, 4.69) is 0 Å². The van der Waals surface area contributed by atoms with Gasteiger partial charge in [0.2, 0.25) is 0 Å². The Labute approximate surface area is 176 Å². The van der Waals surface area contributed by atoms with Crippen LogP contribution in [0.1, 0.15) is 36.1 Å². The summed E-state index contributed by atoms with van der Waals surface area (Å²) in [5.41, 5.74) is 2.38. The minimum atomic E-state index is -0.677. The van der Waals surface area contributed by atoms with Crippen LogP contribution in [0, 0.1) is 6.92 Å². The molecule has 1 N–H and O–H groups in total. The minimum absolute atomic E-state index is 0.102. The number of nitrogens with zero attached hydrogens (tertiary/aromatic N) is 1. The maximum absolute atomic E-state index is 12.9. The first-order chi connectivity index (χ1) is 14.5. The van der Waals surface area contributed by atoms with Crippen molar-refractivity contribution in [3.05, 3.63) is 70.8 Å². The number of carbonyl (C=O) groups excluding carboxylic acids is 2. The van der Waals surface area contributed by atoms with Gasteiger partial charge >= 0.3 is 0 Å². The second-order valence-electron chi connectivity index (χ2n) is 7.21. The average Bonchev–Trinajstić information content (AvgIpc) is 3.00. The minimum Gasteiger partial charge on any atom is -0.507 e. The molecule has 0 unspecified atom stereocenters. The number of carbonyl (C=O) groups is 2. The zero-order valence-corrected chi connectivity index (χ0v) is 17.6. The quantitative estimate of drug-likeness (QED) is 0.310. The van der Waals surface area contributed by atoms with E-state index >= 15 is 0 Å². The lowest BCUT2D eigenvalue weighted by molar-refractivity contribution is -0.140. The summed E-state index contributed by atoms with van der Waals surface area (Å²) >= 11 is 0. The molecule has 1 amide bonds. The van der Waals surface area contributed by atoms with Crippen LogP contribution in [0.5, 0.6) is 5.75 Å². The fourth-order valence-electron chi connectivity index (χ4n) is 3.62. The number of ether oxygens (including phenoxy) is 2. The average molecular weight is 409 g/mol. The topological polar surface area (TPSA) is 76.1 Å². The first-order valence-corrected chi connectivity index (χ1v) is 10.0. The van der Waals surface area contributed by atoms with Gasteiger partial charge in [-0.05, 0) is 38.0 Å². The highest BCUT2D eigenvalue weighted by molar-refractivity contribution is 6.46. The van der Waals surface area contributed by atoms with E-state index < -0.39 is 17.7 Å². The Balaban J connectivity index is 2.07. The lowest BCUT2D eigenvalue weighted by atomic mass is 9.95. The van der Waals surface area contributed by atoms with E-state index in [0.717, 1.165) is 11.1 Å². The number of hydrogen-bond donors (Lipinski definition) is 1. The number of ketones is 1. The molecule has 1 aliphatic rings. The summed E-state index contributed by atoms with van der Waals surface area (Å²) in [6.45, 7) is 5.21. The van der Waals surface area contributed by atoms with Crippen LogP contribution in [0.3, 0.4) is 0 Å². The number of aliphatic hydroxyl groups excluding tert-OH is 1. The second-order valence-corrected chi connectivity index (χ2v) is 7.21. The zero-order valence-electron chi connectivity index (χ0n) is 17.6. The maximum Gasteiger partial charge on any atom is 0.295 e. The van der Waals surface area contributed by atoms with Gasteiger partial charge in [0.1, 0.15) is 11.5 Å². The number of Topliss-reactive ketones (excluding diaryl/α,β-unsaturated/α-hetero) is 1. The van der Waals surface area contributed by atoms with Crippen LogP contribution in [0.25, 0.3) is 5.76 Å². The van der Waals surface area contributed by atoms with Crippen LogP contribution in [0.2, 0.25) is 0 Å². The van der Waals surface area contributed by atoms with Crippen LogP contribution >= 0.6 is 0 Å². The van der Waals surface area contributed by atoms with E-state index in [9.17, 15) is 14.7 Å². The molecule has 0 spiro atoms. The number of hydrogen-bond acceptors (Lipinski definition) is 5. The number of methoxy groups -OCH3 is 1. The maximum atomic E-state index is 12.9. The first kappa shape index (κ1) is 21.6. The fourth-order valence-corrected chi connectivity index (χ4v) is 3.62. The molecule has 3 rings (SSSR count). The lowest BCUT2D eigenvalue weighted by Crippen LogP contribution is -2.31. The fraction of sp³-hybridized carbons (Fsp3) is 0.333. The molecule has 1 atom stereocenters. The highest BCUT2D eigenvalue weighted by Crippen LogP contribution is 2.39. The molecular weight excluding hydrogens is 382 g/mol. The van der Waals surface area contributed by atoms with E-state index in [1.165, 1.54) is 4.90 Å². The van der Waals surface area contributed by atoms with E-state index in [1.54, 1.807) is 31.4 Å². The third kappa shape index (κ3) is 4.39. The molecule has 158 valence electrons. The van der Waals surface area contributed by atoms with Gasteiger partial charge in [-0.1, -0.05) is 42.0 Å². The molecule has 1 fully saturated rings. The molecule has 2 aromatic rings. The summed E-state index contributed by atoms with van der Waals surface area (Å²) < 4.78 is 10.6. The summed E-state index contributed by atoms with van der Waals surface area (Å²) in [6.07, 6.45) is 0.585. The Hall–Kier alpha value is -3.12. The summed E-state index contributed by atoms with van der Waals surface area (Å²) in [5, 5.41) is 11.0. The van der Waals surface area contributed by atoms with E-state index in [-0.39, 0.29) is 11.3 Å². The summed E-state index contributed by atoms with van der Waals surface area (Å²) in [5.74, 6) is -0.749. The van der Waals surface area contributed by atoms with Crippen molar-refractivity contribution in [2.24, 2.45) is 0 Å². The number of rotatable bonds is 8. The van der Waals surface area contributed by atoms with Gasteiger partial charge in [0.25, 0.3) is 11.7 Å². The second kappa shape index (κ2) is 9.59. The molecule has 0 bridgehead atoms. The van der Waals surface area contributed by atoms with Gasteiger partial charge in [-0.25, -0.2) is 0 Å². The molecule has 1 heterocycles. The van der Waals surface area contributed by atoms with Crippen molar-refractivity contribution in [3.8, 4) is 5.75 Å². The predicted octanol–water partition coefficient (Wildman–Crippen LogP) is 3.85. The molecule has 0 aromatic heterocycles. The number of aliphatic hydroxyl groups is 1. The molecule has 30 heavy (non-hydrogen) atoms. The van der Waals surface area contributed by atoms with Crippen molar-refractivity contribution >= 4 is 17.4 Å². The summed E-state index contributed by atoms with van der Waals surface area (Å²) in [6, 6.07) is 13.8. The van der Waals surface area contributed by atoms with Gasteiger partial charge in [0, 0.05) is 25.8 Å². The monoisotopic (exact) mass is 409 g/mol. The van der Waals surface area contributed by atoms with Gasteiger partial charge < -0.3 is 19.5 Å². The highest BCUT2D eigenvalue weighted by atomic mass is 16.5. The van der Waals surface area contributed by atoms with Crippen molar-refractivity contribution in [2.75, 3.05) is 26.9 Å². The first-order valence-electron chi connectivity index (χ1n) is 10.0. The molecule has 6 nitrogen and oxygen atoms in total. The summed E-state index contributed by atoms with van der Waals surface area (Å²) in [7, 11) is 1.59. The van der Waals surface area contributed by atoms with Crippen molar-refractivity contribution in [1.82, 2.24) is 4.90 Å². The Kier molecular flexibility index (Phi) is 6.90. The van der Waals surface area contributed by atoms with Crippen molar-refractivity contribution < 1.29 is 24.2 Å². The number of aryl methyl sites for hydroxylation is 1. The zero-order chi connectivity index (χ0) is 21.7. The van der Waals surface area contributed by atoms with Crippen LogP contribution < -0.4 is 4.74 Å². The third-order valence-corrected chi connectivity index (χ3v) is 5.12. The number of likely N-dealkylation sites (tertiary alicyclic amines) is 1. The van der Waals surface area contributed by atoms with Crippen molar-refractivity contribution in [3.63, 3.8) is 0 Å². The van der Waals surface area contributed by atoms with Crippen LogP contribution in [0.4, 0.5) is 0 Å². The molecule has 1 aliphatic heterocycles. The van der Waals surface area contributed by atoms with Gasteiger partial charge in [-0.15, -0.1) is 0 Å². The Morgan fingerprint density at radius 3 is 2.33 bits per heavy atom. The Bertz CT molecular complexity index is 931. The predicted molar refractivity (Wildman–Crippen MR) is 114 cm³/mol. The molecule has 0 saturated carbocycles. The standard InChI is InChI=1S/C24H27NO5/c1-4-30-19-12-10-17(11-13-19)21-20(22(26)18-8-6-16(2)7-9-18)23(27)24(28)25(21)14-5-15-29-3/h6-13,21,26H,4-5,14-15H2,1-3H3/t21-/m0/s1. The van der Waals surface area contributed by atoms with Gasteiger partial charge in [-0.2, -0.15) is 0 Å². The van der Waals surface area contributed by atoms with E-state index in [4.69, 9.17) is 9.47 Å². The van der Waals surface area contributed by atoms with Crippen molar-refractivity contribution in [1.29, 1.82) is 0 Å². The SMILES string of the molecule is CCOc1ccc([C@H]2C(=C(O)c3ccc(C)cc3)C(=O)C(=O)N2CCCOC)cc1. The third-order valence-electron chi connectivity index (χ3n) is 5.12. The normalized spacial score (nSPS) is 18.1. The Morgan fingerprint density at radius 2 is 1.73 bits per heavy atom. The Morgan fingerprint density at radius 1 is 1.07 bits per heavy atom. The number of amides is 1. The molecule has 0 aliphatic carbocycles. The van der Waals surface area contributed by atoms with Gasteiger partial charge in [0.15, 0.2) is 0 Å². The molecule has 6 heteroatoms. The van der Waals surface area contributed by atoms with Gasteiger partial charge in [-0.3, -0.25) is 9.59 Å². The molecule has 2 aromatic carbocycles. The van der Waals surface area contributed by atoms with Crippen LogP contribution in [0.15, 0.2) is 54.1 Å². The molecule has 1 saturated heterocycles. The van der Waals surface area contributed by atoms with Gasteiger partial charge in [0.05, 0.1) is 18.2 Å². The van der Waals surface area contributed by atoms with Crippen LogP contribution in [-0.4, -0.2) is 48.6 Å². The largest absolute Gasteiger partial charge is 0.507 e. The molecular formula is C24H27NO5. The summed E-state index contributed by atoms with van der Waals surface area (Å²) in [4.78, 5) is 27.2. The highest BCUT2D eigenvalue weighted by Gasteiger charge is 2.45. The van der Waals surface area contributed by atoms with E-state index in [0.29, 0.717) is 37.5 Å².